The smallest absolute Gasteiger partial charge is 0.325 e. The molecule has 140 valence electrons. The molecule has 2 fully saturated rings. The number of nitrogens with zero attached hydrogens (tertiary/aromatic N) is 1. The zero-order chi connectivity index (χ0) is 18.6. The van der Waals surface area contributed by atoms with Crippen molar-refractivity contribution >= 4 is 17.8 Å². The molecule has 1 aliphatic carbocycles. The third-order valence-electron chi connectivity index (χ3n) is 5.15. The van der Waals surface area contributed by atoms with E-state index in [2.05, 4.69) is 10.6 Å². The number of carbonyl (C=O) groups is 3. The number of imide groups is 1. The summed E-state index contributed by atoms with van der Waals surface area (Å²) in [4.78, 5) is 38.0. The molecule has 0 aromatic heterocycles. The number of methoxy groups -OCH3 is 1. The van der Waals surface area contributed by atoms with Crippen LogP contribution in [-0.2, 0) is 16.0 Å². The van der Waals surface area contributed by atoms with E-state index in [4.69, 9.17) is 4.74 Å². The number of nitrogens with one attached hydrogen (secondary N) is 2. The molecule has 3 rings (SSSR count). The summed E-state index contributed by atoms with van der Waals surface area (Å²) in [5, 5.41) is 5.59. The standard InChI is InChI=1S/C19H25N3O4/c1-26-15-7-5-14(6-8-15)9-12-20-16(23)13-22-17(24)19(21-18(22)25)10-3-2-4-11-19/h5-8H,2-4,9-13H2,1H3,(H,20,23)(H,21,25). The molecule has 0 radical (unpaired) electrons. The number of hydrogen-bond donors (Lipinski definition) is 2. The van der Waals surface area contributed by atoms with Crippen LogP contribution in [-0.4, -0.2) is 48.5 Å². The lowest BCUT2D eigenvalue weighted by Gasteiger charge is -2.30. The normalized spacial score (nSPS) is 18.7. The fourth-order valence-corrected chi connectivity index (χ4v) is 3.65. The molecule has 0 atom stereocenters. The first kappa shape index (κ1) is 18.2. The van der Waals surface area contributed by atoms with Crippen molar-refractivity contribution < 1.29 is 19.1 Å². The Morgan fingerprint density at radius 3 is 2.54 bits per heavy atom. The fourth-order valence-electron chi connectivity index (χ4n) is 3.65. The van der Waals surface area contributed by atoms with Gasteiger partial charge in [0.1, 0.15) is 17.8 Å². The average Bonchev–Trinajstić information content (AvgIpc) is 2.87. The summed E-state index contributed by atoms with van der Waals surface area (Å²) < 4.78 is 5.11. The molecule has 1 aromatic rings. The lowest BCUT2D eigenvalue weighted by Crippen LogP contribution is -2.49. The number of rotatable bonds is 6. The van der Waals surface area contributed by atoms with E-state index in [-0.39, 0.29) is 18.4 Å². The lowest BCUT2D eigenvalue weighted by atomic mass is 9.82. The Balaban J connectivity index is 1.48. The van der Waals surface area contributed by atoms with Gasteiger partial charge < -0.3 is 15.4 Å². The predicted molar refractivity (Wildman–Crippen MR) is 95.8 cm³/mol. The second kappa shape index (κ2) is 7.76. The molecule has 0 bridgehead atoms. The van der Waals surface area contributed by atoms with Gasteiger partial charge in [0.2, 0.25) is 5.91 Å². The summed E-state index contributed by atoms with van der Waals surface area (Å²) >= 11 is 0. The number of hydrogen-bond acceptors (Lipinski definition) is 4. The molecule has 4 amide bonds. The van der Waals surface area contributed by atoms with Gasteiger partial charge in [-0.15, -0.1) is 0 Å². The average molecular weight is 359 g/mol. The molecule has 1 saturated heterocycles. The molecule has 1 aromatic carbocycles. The first-order valence-corrected chi connectivity index (χ1v) is 9.08. The predicted octanol–water partition coefficient (Wildman–Crippen LogP) is 1.61. The van der Waals surface area contributed by atoms with Crippen LogP contribution in [0.15, 0.2) is 24.3 Å². The van der Waals surface area contributed by atoms with E-state index in [9.17, 15) is 14.4 Å². The molecule has 1 saturated carbocycles. The highest BCUT2D eigenvalue weighted by Gasteiger charge is 2.51. The van der Waals surface area contributed by atoms with Crippen molar-refractivity contribution in [1.29, 1.82) is 0 Å². The quantitative estimate of drug-likeness (QED) is 0.756. The van der Waals surface area contributed by atoms with E-state index in [1.54, 1.807) is 7.11 Å². The fraction of sp³-hybridized carbons (Fsp3) is 0.526. The van der Waals surface area contributed by atoms with Crippen LogP contribution < -0.4 is 15.4 Å². The summed E-state index contributed by atoms with van der Waals surface area (Å²) in [5.41, 5.74) is 0.292. The Hall–Kier alpha value is -2.57. The van der Waals surface area contributed by atoms with Crippen molar-refractivity contribution in [2.45, 2.75) is 44.1 Å². The SMILES string of the molecule is COc1ccc(CCNC(=O)CN2C(=O)NC3(CCCCC3)C2=O)cc1. The zero-order valence-electron chi connectivity index (χ0n) is 15.0. The van der Waals surface area contributed by atoms with Gasteiger partial charge in [-0.25, -0.2) is 4.79 Å². The van der Waals surface area contributed by atoms with Gasteiger partial charge in [-0.1, -0.05) is 31.4 Å². The summed E-state index contributed by atoms with van der Waals surface area (Å²) in [6, 6.07) is 7.16. The van der Waals surface area contributed by atoms with Gasteiger partial charge in [0.25, 0.3) is 5.91 Å². The van der Waals surface area contributed by atoms with Crippen LogP contribution in [0.3, 0.4) is 0 Å². The van der Waals surface area contributed by atoms with E-state index in [1.807, 2.05) is 24.3 Å². The van der Waals surface area contributed by atoms with Crippen molar-refractivity contribution in [3.63, 3.8) is 0 Å². The van der Waals surface area contributed by atoms with Crippen molar-refractivity contribution in [3.05, 3.63) is 29.8 Å². The van der Waals surface area contributed by atoms with Crippen LogP contribution >= 0.6 is 0 Å². The van der Waals surface area contributed by atoms with Crippen molar-refractivity contribution in [2.24, 2.45) is 0 Å². The van der Waals surface area contributed by atoms with Crippen molar-refractivity contribution in [2.75, 3.05) is 20.2 Å². The van der Waals surface area contributed by atoms with Crippen LogP contribution in [0.5, 0.6) is 5.75 Å². The summed E-state index contributed by atoms with van der Waals surface area (Å²) in [5.74, 6) is 0.204. The third kappa shape index (κ3) is 3.81. The first-order chi connectivity index (χ1) is 12.5. The molecule has 0 unspecified atom stereocenters. The maximum absolute atomic E-state index is 12.6. The lowest BCUT2D eigenvalue weighted by molar-refractivity contribution is -0.135. The van der Waals surface area contributed by atoms with Crippen LogP contribution in [0.25, 0.3) is 0 Å². The van der Waals surface area contributed by atoms with Gasteiger partial charge in [-0.05, 0) is 37.0 Å². The van der Waals surface area contributed by atoms with Gasteiger partial charge in [0.05, 0.1) is 7.11 Å². The van der Waals surface area contributed by atoms with Gasteiger partial charge in [0, 0.05) is 6.54 Å². The molecule has 7 heteroatoms. The van der Waals surface area contributed by atoms with Crippen LogP contribution in [0.1, 0.15) is 37.7 Å². The Morgan fingerprint density at radius 1 is 1.19 bits per heavy atom. The van der Waals surface area contributed by atoms with Crippen LogP contribution in [0, 0.1) is 0 Å². The summed E-state index contributed by atoms with van der Waals surface area (Å²) in [6.45, 7) is 0.217. The summed E-state index contributed by atoms with van der Waals surface area (Å²) in [6.07, 6.45) is 4.92. The van der Waals surface area contributed by atoms with E-state index >= 15 is 0 Å². The number of amides is 4. The van der Waals surface area contributed by atoms with Crippen LogP contribution in [0.2, 0.25) is 0 Å². The van der Waals surface area contributed by atoms with Crippen molar-refractivity contribution in [1.82, 2.24) is 15.5 Å². The molecule has 1 heterocycles. The molecule has 7 nitrogen and oxygen atoms in total. The molecular formula is C19H25N3O4. The topological polar surface area (TPSA) is 87.7 Å². The number of ether oxygens (including phenoxy) is 1. The van der Waals surface area contributed by atoms with E-state index in [0.717, 1.165) is 35.5 Å². The second-order valence-corrected chi connectivity index (χ2v) is 6.91. The maximum Gasteiger partial charge on any atom is 0.325 e. The van der Waals surface area contributed by atoms with Gasteiger partial charge >= 0.3 is 6.03 Å². The van der Waals surface area contributed by atoms with E-state index in [1.165, 1.54) is 0 Å². The Morgan fingerprint density at radius 2 is 1.88 bits per heavy atom. The van der Waals surface area contributed by atoms with Crippen LogP contribution in [0.4, 0.5) is 4.79 Å². The molecule has 26 heavy (non-hydrogen) atoms. The molecular weight excluding hydrogens is 334 g/mol. The highest BCUT2D eigenvalue weighted by molar-refractivity contribution is 6.09. The van der Waals surface area contributed by atoms with Gasteiger partial charge in [-0.2, -0.15) is 0 Å². The van der Waals surface area contributed by atoms with E-state index in [0.29, 0.717) is 25.8 Å². The number of urea groups is 1. The molecule has 1 aliphatic heterocycles. The number of carbonyl (C=O) groups excluding carboxylic acids is 3. The minimum Gasteiger partial charge on any atom is -0.497 e. The largest absolute Gasteiger partial charge is 0.497 e. The first-order valence-electron chi connectivity index (χ1n) is 9.08. The highest BCUT2D eigenvalue weighted by atomic mass is 16.5. The molecule has 2 aliphatic rings. The minimum absolute atomic E-state index is 0.227. The Kier molecular flexibility index (Phi) is 5.44. The Bertz CT molecular complexity index is 681. The third-order valence-corrected chi connectivity index (χ3v) is 5.15. The molecule has 1 spiro atoms. The second-order valence-electron chi connectivity index (χ2n) is 6.91. The van der Waals surface area contributed by atoms with E-state index < -0.39 is 11.6 Å². The maximum atomic E-state index is 12.6. The number of benzene rings is 1. The Labute approximate surface area is 153 Å². The highest BCUT2D eigenvalue weighted by Crippen LogP contribution is 2.33. The minimum atomic E-state index is -0.779. The monoisotopic (exact) mass is 359 g/mol. The van der Waals surface area contributed by atoms with Gasteiger partial charge in [0.15, 0.2) is 0 Å². The summed E-state index contributed by atoms with van der Waals surface area (Å²) in [7, 11) is 1.61. The zero-order valence-corrected chi connectivity index (χ0v) is 15.0. The molecule has 2 N–H and O–H groups in total. The van der Waals surface area contributed by atoms with Gasteiger partial charge in [-0.3, -0.25) is 14.5 Å². The van der Waals surface area contributed by atoms with Crippen molar-refractivity contribution in [3.8, 4) is 5.75 Å².